The van der Waals surface area contributed by atoms with Crippen molar-refractivity contribution in [2.45, 2.75) is 17.9 Å². The summed E-state index contributed by atoms with van der Waals surface area (Å²) in [6.07, 6.45) is 3.21. The first-order chi connectivity index (χ1) is 11.9. The summed E-state index contributed by atoms with van der Waals surface area (Å²) in [7, 11) is -3.90. The van der Waals surface area contributed by atoms with Crippen molar-refractivity contribution in [1.29, 1.82) is 0 Å². The quantitative estimate of drug-likeness (QED) is 0.734. The average molecular weight is 354 g/mol. The third-order valence-corrected chi connectivity index (χ3v) is 4.66. The number of nitrogens with one attached hydrogen (secondary N) is 1. The number of hydrogen-bond donors (Lipinski definition) is 2. The van der Waals surface area contributed by atoms with Gasteiger partial charge >= 0.3 is 0 Å². The fourth-order valence-corrected chi connectivity index (χ4v) is 3.24. The molecule has 1 aromatic carbocycles. The van der Waals surface area contributed by atoms with Gasteiger partial charge in [-0.05, 0) is 36.8 Å². The Kier molecular flexibility index (Phi) is 4.78. The van der Waals surface area contributed by atoms with Crippen LogP contribution in [0, 0.1) is 6.92 Å². The third-order valence-electron chi connectivity index (χ3n) is 3.72. The van der Waals surface area contributed by atoms with E-state index < -0.39 is 10.0 Å². The maximum atomic E-state index is 11.8. The highest BCUT2D eigenvalue weighted by atomic mass is 32.2. The van der Waals surface area contributed by atoms with Gasteiger partial charge in [-0.25, -0.2) is 18.5 Å². The molecule has 2 heterocycles. The number of anilines is 1. The van der Waals surface area contributed by atoms with E-state index in [0.29, 0.717) is 0 Å². The van der Waals surface area contributed by atoms with Gasteiger partial charge in [-0.3, -0.25) is 4.98 Å². The van der Waals surface area contributed by atoms with Crippen molar-refractivity contribution in [3.8, 4) is 0 Å². The van der Waals surface area contributed by atoms with E-state index in [4.69, 9.17) is 5.14 Å². The molecule has 0 saturated heterocycles. The molecule has 0 aliphatic heterocycles. The highest BCUT2D eigenvalue weighted by Crippen LogP contribution is 2.27. The fraction of sp³-hybridized carbons (Fsp3) is 0.111. The van der Waals surface area contributed by atoms with E-state index in [1.165, 1.54) is 18.3 Å². The van der Waals surface area contributed by atoms with Gasteiger partial charge in [0, 0.05) is 12.4 Å². The van der Waals surface area contributed by atoms with Crippen LogP contribution in [-0.4, -0.2) is 18.4 Å². The second-order valence-corrected chi connectivity index (χ2v) is 7.17. The number of nitrogens with zero attached hydrogens (tertiary/aromatic N) is 2. The summed E-state index contributed by atoms with van der Waals surface area (Å²) in [4.78, 5) is 8.51. The van der Waals surface area contributed by atoms with Crippen LogP contribution in [0.25, 0.3) is 0 Å². The normalized spacial score (nSPS) is 12.6. The minimum absolute atomic E-state index is 0.0522. The molecule has 0 saturated carbocycles. The van der Waals surface area contributed by atoms with E-state index in [1.54, 1.807) is 6.20 Å². The number of rotatable bonds is 5. The predicted molar refractivity (Wildman–Crippen MR) is 96.5 cm³/mol. The van der Waals surface area contributed by atoms with Gasteiger partial charge in [-0.15, -0.1) is 0 Å². The zero-order valence-corrected chi connectivity index (χ0v) is 14.4. The Morgan fingerprint density at radius 2 is 1.80 bits per heavy atom. The molecule has 3 N–H and O–H groups in total. The van der Waals surface area contributed by atoms with Crippen molar-refractivity contribution in [1.82, 2.24) is 9.97 Å². The SMILES string of the molecule is Cc1cccc(C(Nc2ncccc2S(N)(=O)=O)c2ccccn2)c1. The lowest BCUT2D eigenvalue weighted by Gasteiger charge is -2.21. The molecule has 0 fully saturated rings. The Hall–Kier alpha value is -2.77. The van der Waals surface area contributed by atoms with Crippen molar-refractivity contribution in [2.24, 2.45) is 5.14 Å². The van der Waals surface area contributed by atoms with E-state index in [9.17, 15) is 8.42 Å². The van der Waals surface area contributed by atoms with Gasteiger partial charge < -0.3 is 5.32 Å². The van der Waals surface area contributed by atoms with Crippen molar-refractivity contribution in [2.75, 3.05) is 5.32 Å². The van der Waals surface area contributed by atoms with Crippen LogP contribution in [0.1, 0.15) is 22.9 Å². The molecule has 25 heavy (non-hydrogen) atoms. The van der Waals surface area contributed by atoms with E-state index in [1.807, 2.05) is 49.4 Å². The van der Waals surface area contributed by atoms with Gasteiger partial charge in [0.15, 0.2) is 0 Å². The number of benzene rings is 1. The summed E-state index contributed by atoms with van der Waals surface area (Å²) >= 11 is 0. The maximum absolute atomic E-state index is 11.8. The third kappa shape index (κ3) is 4.01. The number of aromatic nitrogens is 2. The molecule has 0 aliphatic carbocycles. The number of hydrogen-bond acceptors (Lipinski definition) is 5. The summed E-state index contributed by atoms with van der Waals surface area (Å²) in [5.74, 6) is 0.196. The number of sulfonamides is 1. The van der Waals surface area contributed by atoms with Crippen LogP contribution in [0.4, 0.5) is 5.82 Å². The Morgan fingerprint density at radius 3 is 2.48 bits per heavy atom. The zero-order chi connectivity index (χ0) is 17.9. The lowest BCUT2D eigenvalue weighted by Crippen LogP contribution is -2.19. The highest BCUT2D eigenvalue weighted by Gasteiger charge is 2.21. The molecule has 128 valence electrons. The molecule has 3 rings (SSSR count). The maximum Gasteiger partial charge on any atom is 0.241 e. The topological polar surface area (TPSA) is 98.0 Å². The molecule has 2 aromatic heterocycles. The Balaban J connectivity index is 2.09. The average Bonchev–Trinajstić information content (AvgIpc) is 2.60. The van der Waals surface area contributed by atoms with Gasteiger partial charge in [0.1, 0.15) is 10.7 Å². The molecule has 0 spiro atoms. The molecular weight excluding hydrogens is 336 g/mol. The van der Waals surface area contributed by atoms with Crippen LogP contribution in [0.2, 0.25) is 0 Å². The molecule has 7 heteroatoms. The lowest BCUT2D eigenvalue weighted by atomic mass is 10.0. The van der Waals surface area contributed by atoms with Gasteiger partial charge in [-0.1, -0.05) is 35.9 Å². The molecule has 0 amide bonds. The Morgan fingerprint density at radius 1 is 1.00 bits per heavy atom. The standard InChI is InChI=1S/C18H18N4O2S/c1-13-6-4-7-14(12-13)17(15-8-2-3-10-20-15)22-18-16(25(19,23)24)9-5-11-21-18/h2-12,17H,1H3,(H,21,22)(H2,19,23,24). The van der Waals surface area contributed by atoms with Crippen molar-refractivity contribution >= 4 is 15.8 Å². The van der Waals surface area contributed by atoms with Crippen LogP contribution < -0.4 is 10.5 Å². The first kappa shape index (κ1) is 17.1. The van der Waals surface area contributed by atoms with Crippen LogP contribution in [0.5, 0.6) is 0 Å². The van der Waals surface area contributed by atoms with E-state index in [0.717, 1.165) is 16.8 Å². The second kappa shape index (κ2) is 7.00. The van der Waals surface area contributed by atoms with Crippen molar-refractivity contribution in [3.63, 3.8) is 0 Å². The van der Waals surface area contributed by atoms with Crippen LogP contribution >= 0.6 is 0 Å². The van der Waals surface area contributed by atoms with Crippen LogP contribution in [-0.2, 0) is 10.0 Å². The zero-order valence-electron chi connectivity index (χ0n) is 13.6. The summed E-state index contributed by atoms with van der Waals surface area (Å²) in [5.41, 5.74) is 2.79. The highest BCUT2D eigenvalue weighted by molar-refractivity contribution is 7.89. The van der Waals surface area contributed by atoms with Crippen molar-refractivity contribution in [3.05, 3.63) is 83.8 Å². The minimum atomic E-state index is -3.90. The first-order valence-electron chi connectivity index (χ1n) is 7.67. The molecule has 6 nitrogen and oxygen atoms in total. The van der Waals surface area contributed by atoms with Crippen LogP contribution in [0.3, 0.4) is 0 Å². The smallest absolute Gasteiger partial charge is 0.241 e. The first-order valence-corrected chi connectivity index (χ1v) is 9.21. The predicted octanol–water partition coefficient (Wildman–Crippen LogP) is 2.63. The number of nitrogens with two attached hydrogens (primary N) is 1. The number of pyridine rings is 2. The molecule has 0 aliphatic rings. The monoisotopic (exact) mass is 354 g/mol. The molecule has 1 unspecified atom stereocenters. The second-order valence-electron chi connectivity index (χ2n) is 5.64. The largest absolute Gasteiger partial charge is 0.356 e. The number of primary sulfonamides is 1. The molecule has 1 atom stereocenters. The Labute approximate surface area is 146 Å². The van der Waals surface area contributed by atoms with E-state index in [2.05, 4.69) is 15.3 Å². The summed E-state index contributed by atoms with van der Waals surface area (Å²) in [5, 5.41) is 8.49. The molecule has 0 radical (unpaired) electrons. The van der Waals surface area contributed by atoms with Crippen LogP contribution in [0.15, 0.2) is 71.9 Å². The number of aryl methyl sites for hydroxylation is 1. The lowest BCUT2D eigenvalue weighted by molar-refractivity contribution is 0.597. The Bertz CT molecular complexity index is 975. The molecular formula is C18H18N4O2S. The van der Waals surface area contributed by atoms with Gasteiger partial charge in [0.05, 0.1) is 11.7 Å². The van der Waals surface area contributed by atoms with Gasteiger partial charge in [0.25, 0.3) is 0 Å². The fourth-order valence-electron chi connectivity index (χ4n) is 2.59. The summed E-state index contributed by atoms with van der Waals surface area (Å²) < 4.78 is 23.7. The van der Waals surface area contributed by atoms with E-state index in [-0.39, 0.29) is 16.8 Å². The van der Waals surface area contributed by atoms with E-state index >= 15 is 0 Å². The summed E-state index contributed by atoms with van der Waals surface area (Å²) in [6.45, 7) is 2.00. The minimum Gasteiger partial charge on any atom is -0.356 e. The van der Waals surface area contributed by atoms with Gasteiger partial charge in [0.2, 0.25) is 10.0 Å². The van der Waals surface area contributed by atoms with Gasteiger partial charge in [-0.2, -0.15) is 0 Å². The molecule has 3 aromatic rings. The van der Waals surface area contributed by atoms with Crippen molar-refractivity contribution < 1.29 is 8.42 Å². The molecule has 0 bridgehead atoms. The summed E-state index contributed by atoms with van der Waals surface area (Å²) in [6, 6.07) is 16.1.